The number of carbonyl (C=O) groups is 1. The number of aryl methyl sites for hydroxylation is 1. The minimum Gasteiger partial charge on any atom is -0.322 e. The Morgan fingerprint density at radius 1 is 1.65 bits per heavy atom. The van der Waals surface area contributed by atoms with Gasteiger partial charge in [-0.2, -0.15) is 0 Å². The molecule has 92 valence electrons. The van der Waals surface area contributed by atoms with Crippen LogP contribution in [0, 0.1) is 6.92 Å². The maximum Gasteiger partial charge on any atom is 0.240 e. The zero-order valence-corrected chi connectivity index (χ0v) is 11.5. The summed E-state index contributed by atoms with van der Waals surface area (Å²) in [5, 5.41) is 3.22. The van der Waals surface area contributed by atoms with Crippen LogP contribution in [-0.4, -0.2) is 21.4 Å². The first-order chi connectivity index (χ1) is 8.01. The second-order valence-corrected chi connectivity index (χ2v) is 6.44. The van der Waals surface area contributed by atoms with Crippen LogP contribution in [0.3, 0.4) is 0 Å². The van der Waals surface area contributed by atoms with Crippen molar-refractivity contribution in [3.05, 3.63) is 23.0 Å². The molecule has 1 atom stereocenters. The summed E-state index contributed by atoms with van der Waals surface area (Å²) in [5.41, 5.74) is 1.58. The zero-order valence-electron chi connectivity index (χ0n) is 9.92. The van der Waals surface area contributed by atoms with Crippen molar-refractivity contribution in [3.8, 4) is 0 Å². The summed E-state index contributed by atoms with van der Waals surface area (Å²) >= 11 is 7.67. The fourth-order valence-corrected chi connectivity index (χ4v) is 3.21. The number of aromatic nitrogens is 1. The maximum absolute atomic E-state index is 12.2. The summed E-state index contributed by atoms with van der Waals surface area (Å²) in [6.07, 6.45) is 3.69. The van der Waals surface area contributed by atoms with Crippen molar-refractivity contribution in [2.24, 2.45) is 0 Å². The number of amides is 1. The molecule has 2 rings (SSSR count). The number of halogens is 1. The second kappa shape index (κ2) is 4.86. The van der Waals surface area contributed by atoms with E-state index in [1.807, 2.05) is 19.9 Å². The van der Waals surface area contributed by atoms with Crippen LogP contribution in [0.4, 0.5) is 5.69 Å². The lowest BCUT2D eigenvalue weighted by Crippen LogP contribution is -2.34. The Morgan fingerprint density at radius 2 is 2.41 bits per heavy atom. The molecule has 1 unspecified atom stereocenters. The molecule has 0 radical (unpaired) electrons. The summed E-state index contributed by atoms with van der Waals surface area (Å²) in [5.74, 6) is 1.07. The first kappa shape index (κ1) is 12.7. The Hall–Kier alpha value is -0.740. The summed E-state index contributed by atoms with van der Waals surface area (Å²) in [6, 6.07) is 1.84. The van der Waals surface area contributed by atoms with Crippen LogP contribution in [0.25, 0.3) is 0 Å². The normalized spacial score (nSPS) is 23.7. The smallest absolute Gasteiger partial charge is 0.240 e. The molecule has 2 heterocycles. The average molecular weight is 271 g/mol. The van der Waals surface area contributed by atoms with Gasteiger partial charge in [-0.3, -0.25) is 4.79 Å². The molecule has 0 bridgehead atoms. The van der Waals surface area contributed by atoms with E-state index in [1.165, 1.54) is 0 Å². The zero-order chi connectivity index (χ0) is 12.5. The van der Waals surface area contributed by atoms with E-state index in [0.29, 0.717) is 10.8 Å². The molecule has 17 heavy (non-hydrogen) atoms. The number of rotatable bonds is 2. The third-order valence-corrected chi connectivity index (χ3v) is 4.74. The lowest BCUT2D eigenvalue weighted by Gasteiger charge is -2.21. The molecule has 0 aliphatic carbocycles. The van der Waals surface area contributed by atoms with Gasteiger partial charge in [0, 0.05) is 6.20 Å². The number of hydrogen-bond donors (Lipinski definition) is 1. The molecule has 0 spiro atoms. The first-order valence-electron chi connectivity index (χ1n) is 5.59. The van der Waals surface area contributed by atoms with Gasteiger partial charge in [0.1, 0.15) is 0 Å². The highest BCUT2D eigenvalue weighted by Crippen LogP contribution is 2.38. The second-order valence-electron chi connectivity index (χ2n) is 4.49. The number of anilines is 1. The van der Waals surface area contributed by atoms with Gasteiger partial charge in [-0.1, -0.05) is 11.6 Å². The van der Waals surface area contributed by atoms with E-state index in [0.717, 1.165) is 24.2 Å². The van der Waals surface area contributed by atoms with Gasteiger partial charge in [0.05, 0.1) is 10.4 Å². The van der Waals surface area contributed by atoms with Gasteiger partial charge in [0.25, 0.3) is 0 Å². The Labute approximate surface area is 110 Å². The van der Waals surface area contributed by atoms with Crippen LogP contribution in [-0.2, 0) is 4.79 Å². The highest BCUT2D eigenvalue weighted by atomic mass is 35.5. The van der Waals surface area contributed by atoms with E-state index in [2.05, 4.69) is 10.3 Å². The molecule has 5 heteroatoms. The summed E-state index contributed by atoms with van der Waals surface area (Å²) in [4.78, 5) is 16.2. The maximum atomic E-state index is 12.2. The monoisotopic (exact) mass is 270 g/mol. The fraction of sp³-hybridized carbons (Fsp3) is 0.500. The highest BCUT2D eigenvalue weighted by Gasteiger charge is 2.37. The van der Waals surface area contributed by atoms with Crippen molar-refractivity contribution >= 4 is 35.0 Å². The van der Waals surface area contributed by atoms with Gasteiger partial charge in [-0.15, -0.1) is 11.8 Å². The van der Waals surface area contributed by atoms with E-state index in [9.17, 15) is 4.79 Å². The Kier molecular flexibility index (Phi) is 3.64. The van der Waals surface area contributed by atoms with Crippen molar-refractivity contribution in [3.63, 3.8) is 0 Å². The molecule has 1 saturated heterocycles. The number of pyridine rings is 1. The summed E-state index contributed by atoms with van der Waals surface area (Å²) < 4.78 is -0.326. The molecule has 3 nitrogen and oxygen atoms in total. The van der Waals surface area contributed by atoms with Crippen LogP contribution < -0.4 is 5.32 Å². The molecule has 1 aliphatic rings. The largest absolute Gasteiger partial charge is 0.322 e. The topological polar surface area (TPSA) is 42.0 Å². The molecule has 1 aliphatic heterocycles. The molecule has 0 saturated carbocycles. The van der Waals surface area contributed by atoms with E-state index in [4.69, 9.17) is 11.6 Å². The standard InChI is InChI=1S/C12H15ClN2OS/c1-8-6-9(10(13)14-7-8)15-11(16)12(2)4-3-5-17-12/h6-7H,3-5H2,1-2H3,(H,15,16). The van der Waals surface area contributed by atoms with Gasteiger partial charge >= 0.3 is 0 Å². The van der Waals surface area contributed by atoms with Crippen LogP contribution in [0.1, 0.15) is 25.3 Å². The minimum absolute atomic E-state index is 0.0225. The van der Waals surface area contributed by atoms with Crippen LogP contribution >= 0.6 is 23.4 Å². The van der Waals surface area contributed by atoms with Crippen molar-refractivity contribution in [2.45, 2.75) is 31.4 Å². The lowest BCUT2D eigenvalue weighted by atomic mass is 10.0. The first-order valence-corrected chi connectivity index (χ1v) is 6.95. The lowest BCUT2D eigenvalue weighted by molar-refractivity contribution is -0.118. The van der Waals surface area contributed by atoms with E-state index in [-0.39, 0.29) is 10.7 Å². The van der Waals surface area contributed by atoms with Crippen molar-refractivity contribution in [2.75, 3.05) is 11.1 Å². The SMILES string of the molecule is Cc1cnc(Cl)c(NC(=O)C2(C)CCCS2)c1. The Morgan fingerprint density at radius 3 is 3.06 bits per heavy atom. The molecule has 0 aromatic carbocycles. The van der Waals surface area contributed by atoms with Crippen molar-refractivity contribution in [1.82, 2.24) is 4.98 Å². The fourth-order valence-electron chi connectivity index (χ4n) is 1.85. The molecule has 1 amide bonds. The van der Waals surface area contributed by atoms with Crippen LogP contribution in [0.5, 0.6) is 0 Å². The van der Waals surface area contributed by atoms with Gasteiger partial charge in [-0.25, -0.2) is 4.98 Å². The average Bonchev–Trinajstić information content (AvgIpc) is 2.72. The predicted octanol–water partition coefficient (Wildman–Crippen LogP) is 3.27. The Bertz CT molecular complexity index is 444. The molecule has 1 aromatic heterocycles. The molecular formula is C12H15ClN2OS. The van der Waals surface area contributed by atoms with Gasteiger partial charge in [0.2, 0.25) is 5.91 Å². The van der Waals surface area contributed by atoms with Crippen molar-refractivity contribution < 1.29 is 4.79 Å². The molecule has 1 aromatic rings. The van der Waals surface area contributed by atoms with E-state index >= 15 is 0 Å². The number of nitrogens with one attached hydrogen (secondary N) is 1. The number of carbonyl (C=O) groups excluding carboxylic acids is 1. The molecular weight excluding hydrogens is 256 g/mol. The number of hydrogen-bond acceptors (Lipinski definition) is 3. The van der Waals surface area contributed by atoms with E-state index in [1.54, 1.807) is 18.0 Å². The molecule has 1 N–H and O–H groups in total. The van der Waals surface area contributed by atoms with E-state index < -0.39 is 0 Å². The number of nitrogens with zero attached hydrogens (tertiary/aromatic N) is 1. The third-order valence-electron chi connectivity index (χ3n) is 2.92. The van der Waals surface area contributed by atoms with Gasteiger partial charge in [-0.05, 0) is 44.1 Å². The number of thioether (sulfide) groups is 1. The predicted molar refractivity (Wildman–Crippen MR) is 72.7 cm³/mol. The summed E-state index contributed by atoms with van der Waals surface area (Å²) in [6.45, 7) is 3.90. The van der Waals surface area contributed by atoms with Gasteiger partial charge < -0.3 is 5.32 Å². The Balaban J connectivity index is 2.15. The van der Waals surface area contributed by atoms with Crippen LogP contribution in [0.2, 0.25) is 5.15 Å². The molecule has 1 fully saturated rings. The van der Waals surface area contributed by atoms with Gasteiger partial charge in [0.15, 0.2) is 5.15 Å². The van der Waals surface area contributed by atoms with Crippen molar-refractivity contribution in [1.29, 1.82) is 0 Å². The third kappa shape index (κ3) is 2.75. The minimum atomic E-state index is -0.326. The highest BCUT2D eigenvalue weighted by molar-refractivity contribution is 8.01. The quantitative estimate of drug-likeness (QED) is 0.839. The van der Waals surface area contributed by atoms with Crippen LogP contribution in [0.15, 0.2) is 12.3 Å². The summed E-state index contributed by atoms with van der Waals surface area (Å²) in [7, 11) is 0.